The molecule has 0 unspecified atom stereocenters. The molecule has 0 amide bonds. The summed E-state index contributed by atoms with van der Waals surface area (Å²) in [6.07, 6.45) is 1.55. The van der Waals surface area contributed by atoms with E-state index in [0.29, 0.717) is 17.7 Å². The van der Waals surface area contributed by atoms with Gasteiger partial charge in [-0.2, -0.15) is 4.68 Å². The van der Waals surface area contributed by atoms with Crippen LogP contribution in [0.3, 0.4) is 0 Å². The average Bonchev–Trinajstić information content (AvgIpc) is 3.02. The molecule has 0 radical (unpaired) electrons. The molecule has 0 saturated carbocycles. The second-order valence-corrected chi connectivity index (χ2v) is 4.98. The summed E-state index contributed by atoms with van der Waals surface area (Å²) in [5.41, 5.74) is 2.06. The van der Waals surface area contributed by atoms with Gasteiger partial charge in [0.15, 0.2) is 0 Å². The molecular formula is C15H16N4O3. The quantitative estimate of drug-likeness (QED) is 0.734. The van der Waals surface area contributed by atoms with Gasteiger partial charge in [-0.15, -0.1) is 4.68 Å². The normalized spacial score (nSPS) is 11.5. The third-order valence-electron chi connectivity index (χ3n) is 3.39. The molecule has 1 aromatic carbocycles. The van der Waals surface area contributed by atoms with Crippen molar-refractivity contribution in [2.45, 2.75) is 20.5 Å². The fraction of sp³-hybridized carbons (Fsp3) is 0.267. The number of benzene rings is 1. The third kappa shape index (κ3) is 2.41. The van der Waals surface area contributed by atoms with Gasteiger partial charge >= 0.3 is 5.69 Å². The second-order valence-electron chi connectivity index (χ2n) is 4.98. The van der Waals surface area contributed by atoms with Gasteiger partial charge in [-0.25, -0.2) is 4.79 Å². The Hall–Kier alpha value is -2.83. The van der Waals surface area contributed by atoms with Gasteiger partial charge in [0.1, 0.15) is 12.4 Å². The molecule has 2 heterocycles. The topological polar surface area (TPSA) is 75.1 Å². The molecule has 0 bridgehead atoms. The van der Waals surface area contributed by atoms with Crippen LogP contribution >= 0.6 is 0 Å². The number of tetrazole rings is 1. The minimum atomic E-state index is -0.393. The van der Waals surface area contributed by atoms with E-state index in [9.17, 15) is 4.79 Å². The Morgan fingerprint density at radius 1 is 1.32 bits per heavy atom. The van der Waals surface area contributed by atoms with Crippen LogP contribution in [0, 0.1) is 13.8 Å². The van der Waals surface area contributed by atoms with E-state index in [2.05, 4.69) is 10.4 Å². The first-order valence-electron chi connectivity index (χ1n) is 7.24. The van der Waals surface area contributed by atoms with Gasteiger partial charge in [0.05, 0.1) is 13.2 Å². The summed E-state index contributed by atoms with van der Waals surface area (Å²) >= 11 is 0. The largest absolute Gasteiger partial charge is 0.488 e. The number of nitrogens with zero attached hydrogens (tertiary/aromatic N) is 4. The Kier molecular flexibility index (Phi) is 3.23. The summed E-state index contributed by atoms with van der Waals surface area (Å²) in [5.74, 6) is 0.981. The van der Waals surface area contributed by atoms with Crippen LogP contribution in [-0.4, -0.2) is 19.8 Å². The zero-order chi connectivity index (χ0) is 16.6. The van der Waals surface area contributed by atoms with E-state index in [1.165, 1.54) is 7.05 Å². The van der Waals surface area contributed by atoms with Crippen molar-refractivity contribution < 1.29 is 10.5 Å². The third-order valence-corrected chi connectivity index (χ3v) is 3.39. The van der Waals surface area contributed by atoms with Crippen LogP contribution in [-0.2, 0) is 13.7 Å². The zero-order valence-corrected chi connectivity index (χ0v) is 12.5. The van der Waals surface area contributed by atoms with Gasteiger partial charge in [0.2, 0.25) is 5.88 Å². The number of aromatic nitrogens is 4. The molecule has 0 atom stereocenters. The summed E-state index contributed by atoms with van der Waals surface area (Å²) in [6, 6.07) is 5.58. The van der Waals surface area contributed by atoms with E-state index >= 15 is 0 Å². The fourth-order valence-corrected chi connectivity index (χ4v) is 2.06. The molecule has 3 rings (SSSR count). The lowest BCUT2D eigenvalue weighted by molar-refractivity contribution is 0.300. The number of rotatable bonds is 4. The standard InChI is InChI=1S/C15H16N4O3/c1-10-6-4-5-7-13(10)21-9-12-11(2)8-22-14(12)19-15(20)18(3)16-17-19/h4-8H,9H2,1-3H3/i4T. The highest BCUT2D eigenvalue weighted by Gasteiger charge is 2.18. The molecule has 7 heteroatoms. The highest BCUT2D eigenvalue weighted by atomic mass is 16.5. The zero-order valence-electron chi connectivity index (χ0n) is 13.5. The maximum absolute atomic E-state index is 12.0. The lowest BCUT2D eigenvalue weighted by Crippen LogP contribution is -2.22. The Labute approximate surface area is 128 Å². The van der Waals surface area contributed by atoms with Crippen LogP contribution in [0.15, 0.2) is 39.7 Å². The smallest absolute Gasteiger partial charge is 0.370 e. The molecule has 0 spiro atoms. The summed E-state index contributed by atoms with van der Waals surface area (Å²) in [4.78, 5) is 12.0. The molecule has 0 aliphatic carbocycles. The minimum absolute atomic E-state index is 0.221. The predicted molar refractivity (Wildman–Crippen MR) is 79.1 cm³/mol. The van der Waals surface area contributed by atoms with Gasteiger partial charge in [-0.3, -0.25) is 0 Å². The van der Waals surface area contributed by atoms with Crippen molar-refractivity contribution >= 4 is 0 Å². The van der Waals surface area contributed by atoms with Gasteiger partial charge in [0.25, 0.3) is 0 Å². The number of para-hydroxylation sites is 1. The molecule has 0 N–H and O–H groups in total. The average molecular weight is 302 g/mol. The lowest BCUT2D eigenvalue weighted by atomic mass is 10.2. The molecule has 7 nitrogen and oxygen atoms in total. The summed E-state index contributed by atoms with van der Waals surface area (Å²) < 4.78 is 21.1. The first-order valence-corrected chi connectivity index (χ1v) is 6.74. The van der Waals surface area contributed by atoms with Crippen LogP contribution in [0.25, 0.3) is 5.88 Å². The van der Waals surface area contributed by atoms with Gasteiger partial charge < -0.3 is 9.15 Å². The van der Waals surface area contributed by atoms with Crippen molar-refractivity contribution in [2.75, 3.05) is 0 Å². The number of hydrogen-bond donors (Lipinski definition) is 0. The molecule has 3 aromatic rings. The van der Waals surface area contributed by atoms with Crippen molar-refractivity contribution in [3.05, 3.63) is 57.7 Å². The molecule has 0 aliphatic rings. The van der Waals surface area contributed by atoms with Crippen molar-refractivity contribution in [2.24, 2.45) is 7.05 Å². The highest BCUT2D eigenvalue weighted by molar-refractivity contribution is 5.37. The van der Waals surface area contributed by atoms with Crippen LogP contribution in [0.1, 0.15) is 18.1 Å². The lowest BCUT2D eigenvalue weighted by Gasteiger charge is -2.09. The van der Waals surface area contributed by atoms with Crippen LogP contribution in [0.5, 0.6) is 5.75 Å². The summed E-state index contributed by atoms with van der Waals surface area (Å²) in [5, 5.41) is 7.47. The number of hydrogen-bond acceptors (Lipinski definition) is 5. The number of furan rings is 1. The Balaban J connectivity index is 1.90. The summed E-state index contributed by atoms with van der Waals surface area (Å²) in [6.45, 7) is 3.97. The van der Waals surface area contributed by atoms with E-state index in [1.54, 1.807) is 24.5 Å². The van der Waals surface area contributed by atoms with Gasteiger partial charge in [0, 0.05) is 7.05 Å². The molecular weight excluding hydrogens is 284 g/mol. The predicted octanol–water partition coefficient (Wildman–Crippen LogP) is 1.75. The van der Waals surface area contributed by atoms with E-state index in [1.807, 2.05) is 13.8 Å². The van der Waals surface area contributed by atoms with Gasteiger partial charge in [-0.05, 0) is 41.5 Å². The number of aryl methyl sites for hydroxylation is 3. The van der Waals surface area contributed by atoms with Crippen molar-refractivity contribution in [3.63, 3.8) is 0 Å². The second kappa shape index (κ2) is 5.51. The summed E-state index contributed by atoms with van der Waals surface area (Å²) in [7, 11) is 1.52. The maximum Gasteiger partial charge on any atom is 0.370 e. The molecule has 0 fully saturated rings. The Morgan fingerprint density at radius 3 is 2.82 bits per heavy atom. The van der Waals surface area contributed by atoms with E-state index in [-0.39, 0.29) is 6.61 Å². The molecule has 0 aliphatic heterocycles. The maximum atomic E-state index is 12.0. The number of ether oxygens (including phenoxy) is 1. The van der Waals surface area contributed by atoms with Crippen molar-refractivity contribution in [1.29, 1.82) is 0 Å². The molecule has 22 heavy (non-hydrogen) atoms. The van der Waals surface area contributed by atoms with E-state index in [4.69, 9.17) is 10.5 Å². The molecule has 2 aromatic heterocycles. The van der Waals surface area contributed by atoms with Crippen molar-refractivity contribution in [1.82, 2.24) is 19.8 Å². The first kappa shape index (κ1) is 12.9. The van der Waals surface area contributed by atoms with Crippen LogP contribution in [0.2, 0.25) is 0 Å². The van der Waals surface area contributed by atoms with E-state index in [0.717, 1.165) is 26.1 Å². The van der Waals surface area contributed by atoms with Gasteiger partial charge in [-0.1, -0.05) is 18.2 Å². The monoisotopic (exact) mass is 302 g/mol. The first-order chi connectivity index (χ1) is 11.0. The van der Waals surface area contributed by atoms with Crippen LogP contribution < -0.4 is 10.4 Å². The Bertz CT molecular complexity index is 910. The molecule has 0 saturated heterocycles. The van der Waals surface area contributed by atoms with Crippen LogP contribution in [0.4, 0.5) is 0 Å². The minimum Gasteiger partial charge on any atom is -0.488 e. The Morgan fingerprint density at radius 2 is 2.14 bits per heavy atom. The fourth-order valence-electron chi connectivity index (χ4n) is 2.06. The highest BCUT2D eigenvalue weighted by Crippen LogP contribution is 2.23. The van der Waals surface area contributed by atoms with Crippen molar-refractivity contribution in [3.8, 4) is 11.6 Å². The molecule has 114 valence electrons. The van der Waals surface area contributed by atoms with E-state index < -0.39 is 5.69 Å². The SMILES string of the molecule is [3H]c1ccc(OCc2c(C)coc2-n2nnn(C)c2=O)c(C)c1.